The predicted molar refractivity (Wildman–Crippen MR) is 56.9 cm³/mol. The fourth-order valence-corrected chi connectivity index (χ4v) is 2.15. The lowest BCUT2D eigenvalue weighted by Crippen LogP contribution is -2.31. The molecule has 4 nitrogen and oxygen atoms in total. The molecule has 0 amide bonds. The second-order valence-electron chi connectivity index (χ2n) is 4.17. The molecule has 1 heterocycles. The summed E-state index contributed by atoms with van der Waals surface area (Å²) in [5, 5.41) is 19.3. The molecule has 0 radical (unpaired) electrons. The molecule has 2 atom stereocenters. The highest BCUT2D eigenvalue weighted by Gasteiger charge is 2.26. The van der Waals surface area contributed by atoms with Crippen molar-refractivity contribution in [2.75, 3.05) is 0 Å². The van der Waals surface area contributed by atoms with Gasteiger partial charge in [0.25, 0.3) is 0 Å². The SMILES string of the molecule is Cc1[nH]ncc1CNC1CCCC1C#N. The first-order valence-electron chi connectivity index (χ1n) is 5.43. The van der Waals surface area contributed by atoms with Gasteiger partial charge in [-0.2, -0.15) is 10.4 Å². The minimum absolute atomic E-state index is 0.192. The number of aromatic nitrogens is 2. The Morgan fingerprint density at radius 2 is 2.53 bits per heavy atom. The first kappa shape index (κ1) is 10.2. The van der Waals surface area contributed by atoms with E-state index in [1.165, 1.54) is 12.0 Å². The van der Waals surface area contributed by atoms with Crippen LogP contribution in [-0.4, -0.2) is 16.2 Å². The maximum absolute atomic E-state index is 8.94. The molecule has 0 bridgehead atoms. The van der Waals surface area contributed by atoms with Crippen LogP contribution in [0.3, 0.4) is 0 Å². The zero-order valence-corrected chi connectivity index (χ0v) is 8.95. The average Bonchev–Trinajstić information content (AvgIpc) is 2.83. The van der Waals surface area contributed by atoms with E-state index < -0.39 is 0 Å². The minimum Gasteiger partial charge on any atom is -0.308 e. The molecule has 1 aliphatic carbocycles. The molecule has 80 valence electrons. The number of aryl methyl sites for hydroxylation is 1. The summed E-state index contributed by atoms with van der Waals surface area (Å²) in [5.41, 5.74) is 2.30. The van der Waals surface area contributed by atoms with Gasteiger partial charge < -0.3 is 5.32 Å². The number of nitrogens with zero attached hydrogens (tertiary/aromatic N) is 2. The van der Waals surface area contributed by atoms with Gasteiger partial charge in [-0.05, 0) is 19.8 Å². The second kappa shape index (κ2) is 4.45. The van der Waals surface area contributed by atoms with Gasteiger partial charge in [-0.1, -0.05) is 6.42 Å². The Morgan fingerprint density at radius 3 is 3.20 bits per heavy atom. The molecule has 1 aliphatic rings. The Bertz CT molecular complexity index is 363. The van der Waals surface area contributed by atoms with E-state index >= 15 is 0 Å². The van der Waals surface area contributed by atoms with Crippen molar-refractivity contribution in [2.24, 2.45) is 5.92 Å². The number of hydrogen-bond donors (Lipinski definition) is 2. The van der Waals surface area contributed by atoms with Gasteiger partial charge in [-0.25, -0.2) is 0 Å². The monoisotopic (exact) mass is 204 g/mol. The van der Waals surface area contributed by atoms with Crippen molar-refractivity contribution in [3.05, 3.63) is 17.5 Å². The van der Waals surface area contributed by atoms with Crippen LogP contribution in [-0.2, 0) is 6.54 Å². The number of H-pyrrole nitrogens is 1. The summed E-state index contributed by atoms with van der Waals surface area (Å²) in [4.78, 5) is 0. The van der Waals surface area contributed by atoms with Crippen LogP contribution in [0.15, 0.2) is 6.20 Å². The van der Waals surface area contributed by atoms with Gasteiger partial charge in [0.15, 0.2) is 0 Å². The van der Waals surface area contributed by atoms with Crippen LogP contribution in [0.25, 0.3) is 0 Å². The Balaban J connectivity index is 1.89. The molecule has 1 saturated carbocycles. The fourth-order valence-electron chi connectivity index (χ4n) is 2.15. The third-order valence-corrected chi connectivity index (χ3v) is 3.17. The van der Waals surface area contributed by atoms with Crippen molar-refractivity contribution in [3.8, 4) is 6.07 Å². The van der Waals surface area contributed by atoms with Crippen molar-refractivity contribution < 1.29 is 0 Å². The van der Waals surface area contributed by atoms with Crippen LogP contribution in [0.2, 0.25) is 0 Å². The summed E-state index contributed by atoms with van der Waals surface area (Å²) in [7, 11) is 0. The van der Waals surface area contributed by atoms with Crippen molar-refractivity contribution in [1.82, 2.24) is 15.5 Å². The van der Waals surface area contributed by atoms with Crippen molar-refractivity contribution in [2.45, 2.75) is 38.8 Å². The molecule has 15 heavy (non-hydrogen) atoms. The normalized spacial score (nSPS) is 25.3. The van der Waals surface area contributed by atoms with E-state index in [1.807, 2.05) is 13.1 Å². The quantitative estimate of drug-likeness (QED) is 0.784. The molecule has 1 aromatic rings. The minimum atomic E-state index is 0.192. The van der Waals surface area contributed by atoms with Crippen LogP contribution >= 0.6 is 0 Å². The van der Waals surface area contributed by atoms with Gasteiger partial charge in [0.2, 0.25) is 0 Å². The van der Waals surface area contributed by atoms with E-state index in [0.29, 0.717) is 6.04 Å². The van der Waals surface area contributed by atoms with Gasteiger partial charge in [0.05, 0.1) is 18.2 Å². The maximum Gasteiger partial charge on any atom is 0.0672 e. The molecule has 0 saturated heterocycles. The molecule has 2 rings (SSSR count). The molecule has 1 aromatic heterocycles. The lowest BCUT2D eigenvalue weighted by Gasteiger charge is -2.14. The Kier molecular flexibility index (Phi) is 3.02. The summed E-state index contributed by atoms with van der Waals surface area (Å²) >= 11 is 0. The fraction of sp³-hybridized carbons (Fsp3) is 0.636. The molecular formula is C11H16N4. The average molecular weight is 204 g/mol. The van der Waals surface area contributed by atoms with E-state index in [2.05, 4.69) is 21.6 Å². The van der Waals surface area contributed by atoms with Gasteiger partial charge in [-0.3, -0.25) is 5.10 Å². The van der Waals surface area contributed by atoms with E-state index in [1.54, 1.807) is 0 Å². The van der Waals surface area contributed by atoms with Crippen molar-refractivity contribution in [3.63, 3.8) is 0 Å². The summed E-state index contributed by atoms with van der Waals surface area (Å²) in [6.45, 7) is 2.83. The highest BCUT2D eigenvalue weighted by Crippen LogP contribution is 2.25. The smallest absolute Gasteiger partial charge is 0.0672 e. The topological polar surface area (TPSA) is 64.5 Å². The van der Waals surface area contributed by atoms with Crippen molar-refractivity contribution in [1.29, 1.82) is 5.26 Å². The maximum atomic E-state index is 8.94. The highest BCUT2D eigenvalue weighted by atomic mass is 15.1. The molecular weight excluding hydrogens is 188 g/mol. The molecule has 1 fully saturated rings. The summed E-state index contributed by atoms with van der Waals surface area (Å²) < 4.78 is 0. The van der Waals surface area contributed by atoms with Crippen LogP contribution < -0.4 is 5.32 Å². The summed E-state index contributed by atoms with van der Waals surface area (Å²) in [5.74, 6) is 0.192. The largest absolute Gasteiger partial charge is 0.308 e. The zero-order chi connectivity index (χ0) is 10.7. The number of rotatable bonds is 3. The first-order valence-corrected chi connectivity index (χ1v) is 5.43. The van der Waals surface area contributed by atoms with Gasteiger partial charge in [-0.15, -0.1) is 0 Å². The Hall–Kier alpha value is -1.34. The second-order valence-corrected chi connectivity index (χ2v) is 4.17. The van der Waals surface area contributed by atoms with E-state index in [9.17, 15) is 0 Å². The van der Waals surface area contributed by atoms with Crippen molar-refractivity contribution >= 4 is 0 Å². The Morgan fingerprint density at radius 1 is 1.67 bits per heavy atom. The van der Waals surface area contributed by atoms with E-state index in [-0.39, 0.29) is 5.92 Å². The standard InChI is InChI=1S/C11H16N4/c1-8-10(7-14-15-8)6-13-11-4-2-3-9(11)5-12/h7,9,11,13H,2-4,6H2,1H3,(H,14,15). The third kappa shape index (κ3) is 2.18. The van der Waals surface area contributed by atoms with Crippen LogP contribution in [0.4, 0.5) is 0 Å². The number of nitrogens with one attached hydrogen (secondary N) is 2. The van der Waals surface area contributed by atoms with Gasteiger partial charge in [0, 0.05) is 23.8 Å². The molecule has 4 heteroatoms. The Labute approximate surface area is 89.7 Å². The first-order chi connectivity index (χ1) is 7.31. The lowest BCUT2D eigenvalue weighted by molar-refractivity contribution is 0.464. The zero-order valence-electron chi connectivity index (χ0n) is 8.95. The van der Waals surface area contributed by atoms with E-state index in [0.717, 1.165) is 25.1 Å². The van der Waals surface area contributed by atoms with Gasteiger partial charge in [0.1, 0.15) is 0 Å². The van der Waals surface area contributed by atoms with Crippen LogP contribution in [0.1, 0.15) is 30.5 Å². The molecule has 0 spiro atoms. The van der Waals surface area contributed by atoms with E-state index in [4.69, 9.17) is 5.26 Å². The summed E-state index contributed by atoms with van der Waals surface area (Å²) in [6.07, 6.45) is 5.17. The molecule has 0 aromatic carbocycles. The lowest BCUT2D eigenvalue weighted by atomic mass is 10.1. The van der Waals surface area contributed by atoms with Crippen LogP contribution in [0.5, 0.6) is 0 Å². The van der Waals surface area contributed by atoms with Gasteiger partial charge >= 0.3 is 0 Å². The number of hydrogen-bond acceptors (Lipinski definition) is 3. The number of nitriles is 1. The van der Waals surface area contributed by atoms with Crippen LogP contribution in [0, 0.1) is 24.2 Å². The molecule has 2 N–H and O–H groups in total. The predicted octanol–water partition coefficient (Wildman–Crippen LogP) is 1.50. The third-order valence-electron chi connectivity index (χ3n) is 3.17. The molecule has 0 aliphatic heterocycles. The summed E-state index contributed by atoms with van der Waals surface area (Å²) in [6, 6.07) is 2.74. The number of aromatic amines is 1. The highest BCUT2D eigenvalue weighted by molar-refractivity contribution is 5.14. The molecule has 2 unspecified atom stereocenters.